The van der Waals surface area contributed by atoms with Gasteiger partial charge in [-0.05, 0) is 24.8 Å². The highest BCUT2D eigenvalue weighted by atomic mass is 19.4. The summed E-state index contributed by atoms with van der Waals surface area (Å²) in [7, 11) is 0. The Morgan fingerprint density at radius 3 is 2.79 bits per heavy atom. The van der Waals surface area contributed by atoms with Gasteiger partial charge in [0, 0.05) is 29.4 Å². The second-order valence-corrected chi connectivity index (χ2v) is 7.43. The predicted octanol–water partition coefficient (Wildman–Crippen LogP) is 4.61. The fourth-order valence-corrected chi connectivity index (χ4v) is 3.78. The highest BCUT2D eigenvalue weighted by molar-refractivity contribution is 5.95. The van der Waals surface area contributed by atoms with E-state index in [2.05, 4.69) is 32.2 Å². The Balaban J connectivity index is 1.70. The zero-order chi connectivity index (χ0) is 19.9. The molecule has 9 heteroatoms. The van der Waals surface area contributed by atoms with Crippen LogP contribution in [0, 0.1) is 5.92 Å². The number of nitrogens with two attached hydrogens (primary N) is 1. The molecule has 148 valence electrons. The molecule has 1 fully saturated rings. The van der Waals surface area contributed by atoms with Crippen LogP contribution < -0.4 is 11.1 Å². The molecule has 28 heavy (non-hydrogen) atoms. The van der Waals surface area contributed by atoms with Crippen molar-refractivity contribution in [3.63, 3.8) is 0 Å². The third-order valence-electron chi connectivity index (χ3n) is 5.20. The maximum Gasteiger partial charge on any atom is 0.417 e. The van der Waals surface area contributed by atoms with Crippen LogP contribution in [0.25, 0.3) is 22.3 Å². The van der Waals surface area contributed by atoms with E-state index in [1.54, 1.807) is 6.20 Å². The van der Waals surface area contributed by atoms with E-state index in [1.807, 2.05) is 0 Å². The van der Waals surface area contributed by atoms with Gasteiger partial charge in [-0.3, -0.25) is 0 Å². The summed E-state index contributed by atoms with van der Waals surface area (Å²) >= 11 is 0. The van der Waals surface area contributed by atoms with Crippen LogP contribution >= 0.6 is 0 Å². The molecule has 1 aliphatic rings. The van der Waals surface area contributed by atoms with Gasteiger partial charge in [-0.2, -0.15) is 13.2 Å². The summed E-state index contributed by atoms with van der Waals surface area (Å²) in [5.74, 6) is 1.07. The summed E-state index contributed by atoms with van der Waals surface area (Å²) in [6.07, 6.45) is 3.83. The van der Waals surface area contributed by atoms with E-state index in [4.69, 9.17) is 5.73 Å². The van der Waals surface area contributed by atoms with Gasteiger partial charge in [0.25, 0.3) is 0 Å². The van der Waals surface area contributed by atoms with Crippen molar-refractivity contribution < 1.29 is 13.2 Å². The zero-order valence-electron chi connectivity index (χ0n) is 15.3. The molecule has 4 rings (SSSR count). The smallest absolute Gasteiger partial charge is 0.396 e. The summed E-state index contributed by atoms with van der Waals surface area (Å²) < 4.78 is 39.2. The van der Waals surface area contributed by atoms with E-state index in [0.717, 1.165) is 31.5 Å². The molecule has 6 nitrogen and oxygen atoms in total. The Labute approximate surface area is 159 Å². The monoisotopic (exact) mass is 390 g/mol. The molecule has 3 heterocycles. The van der Waals surface area contributed by atoms with Crippen LogP contribution in [0.4, 0.5) is 24.8 Å². The van der Waals surface area contributed by atoms with Gasteiger partial charge < -0.3 is 16.0 Å². The number of hydrogen-bond donors (Lipinski definition) is 3. The van der Waals surface area contributed by atoms with Crippen LogP contribution in [0.1, 0.15) is 38.2 Å². The summed E-state index contributed by atoms with van der Waals surface area (Å²) in [5, 5.41) is 3.66. The predicted molar refractivity (Wildman–Crippen MR) is 102 cm³/mol. The average Bonchev–Trinajstić information content (AvgIpc) is 3.06. The Morgan fingerprint density at radius 2 is 2.04 bits per heavy atom. The fourth-order valence-electron chi connectivity index (χ4n) is 3.78. The molecular weight excluding hydrogens is 369 g/mol. The highest BCUT2D eigenvalue weighted by Crippen LogP contribution is 2.35. The number of halogens is 3. The molecule has 0 bridgehead atoms. The third kappa shape index (κ3) is 3.61. The molecule has 0 aliphatic heterocycles. The molecule has 1 unspecified atom stereocenters. The molecule has 0 saturated heterocycles. The second-order valence-electron chi connectivity index (χ2n) is 7.43. The number of hydrogen-bond acceptors (Lipinski definition) is 5. The molecule has 1 saturated carbocycles. The molecule has 0 amide bonds. The number of nitrogen functional groups attached to an aromatic ring is 1. The Hall–Kier alpha value is -2.84. The van der Waals surface area contributed by atoms with Crippen molar-refractivity contribution in [2.24, 2.45) is 5.92 Å². The minimum atomic E-state index is -4.47. The van der Waals surface area contributed by atoms with Crippen LogP contribution in [0.15, 0.2) is 24.7 Å². The summed E-state index contributed by atoms with van der Waals surface area (Å²) in [6, 6.07) is 1.34. The number of fused-ring (bicyclic) bond motifs is 1. The van der Waals surface area contributed by atoms with Crippen LogP contribution in [0.3, 0.4) is 0 Å². The van der Waals surface area contributed by atoms with Crippen molar-refractivity contribution in [1.82, 2.24) is 19.9 Å². The normalized spacial score (nSPS) is 20.4. The lowest BCUT2D eigenvalue weighted by atomic mass is 9.87. The Morgan fingerprint density at radius 1 is 1.21 bits per heavy atom. The first-order chi connectivity index (χ1) is 13.3. The van der Waals surface area contributed by atoms with Crippen molar-refractivity contribution in [2.75, 3.05) is 11.1 Å². The number of alkyl halides is 3. The average molecular weight is 390 g/mol. The largest absolute Gasteiger partial charge is 0.417 e. The number of anilines is 2. The van der Waals surface area contributed by atoms with E-state index in [-0.39, 0.29) is 6.04 Å². The van der Waals surface area contributed by atoms with Gasteiger partial charge in [0.15, 0.2) is 0 Å². The number of nitrogens with zero attached hydrogens (tertiary/aromatic N) is 3. The van der Waals surface area contributed by atoms with Gasteiger partial charge in [-0.15, -0.1) is 0 Å². The van der Waals surface area contributed by atoms with Gasteiger partial charge in [-0.1, -0.05) is 19.8 Å². The summed E-state index contributed by atoms with van der Waals surface area (Å²) in [5.41, 5.74) is 6.71. The molecule has 0 radical (unpaired) electrons. The number of rotatable bonds is 3. The lowest BCUT2D eigenvalue weighted by Crippen LogP contribution is -2.27. The van der Waals surface area contributed by atoms with Gasteiger partial charge in [0.2, 0.25) is 5.95 Å². The van der Waals surface area contributed by atoms with E-state index in [0.29, 0.717) is 39.8 Å². The molecule has 0 aromatic carbocycles. The van der Waals surface area contributed by atoms with Crippen LogP contribution in [-0.2, 0) is 6.18 Å². The first kappa shape index (κ1) is 18.5. The van der Waals surface area contributed by atoms with Crippen molar-refractivity contribution in [3.05, 3.63) is 30.2 Å². The van der Waals surface area contributed by atoms with Crippen molar-refractivity contribution in [2.45, 2.75) is 44.8 Å². The highest BCUT2D eigenvalue weighted by Gasteiger charge is 2.31. The maximum atomic E-state index is 13.1. The number of nitrogens with one attached hydrogen (secondary N) is 2. The first-order valence-corrected chi connectivity index (χ1v) is 9.25. The fraction of sp³-hybridized carbons (Fsp3) is 0.421. The van der Waals surface area contributed by atoms with E-state index in [9.17, 15) is 13.2 Å². The van der Waals surface area contributed by atoms with Crippen molar-refractivity contribution in [1.29, 1.82) is 0 Å². The Kier molecular flexibility index (Phi) is 4.60. The molecule has 0 spiro atoms. The molecular formula is C19H21F3N6. The third-order valence-corrected chi connectivity index (χ3v) is 5.20. The van der Waals surface area contributed by atoms with E-state index >= 15 is 0 Å². The minimum Gasteiger partial charge on any atom is -0.396 e. The van der Waals surface area contributed by atoms with Crippen LogP contribution in [0.5, 0.6) is 0 Å². The van der Waals surface area contributed by atoms with Gasteiger partial charge in [0.1, 0.15) is 11.3 Å². The standard InChI is InChI=1S/C19H21F3N6/c1-10-3-2-4-12(5-10)27-18-26-9-15(23)16(28-18)14-8-25-17-13(14)6-11(7-24-17)19(20,21)22/h6-10,12H,2-5,23H2,1H3,(H,24,25)(H,26,27,28)/t10?,12-/m0/s1. The SMILES string of the molecule is CC1CCC[C@H](Nc2ncc(N)c(-c3c[nH]c4ncc(C(F)(F)F)cc34)n2)C1. The van der Waals surface area contributed by atoms with Crippen molar-refractivity contribution in [3.8, 4) is 11.3 Å². The van der Waals surface area contributed by atoms with E-state index in [1.165, 1.54) is 12.6 Å². The lowest BCUT2D eigenvalue weighted by molar-refractivity contribution is -0.137. The molecule has 3 aromatic heterocycles. The second kappa shape index (κ2) is 6.96. The molecule has 1 aliphatic carbocycles. The summed E-state index contributed by atoms with van der Waals surface area (Å²) in [6.45, 7) is 2.22. The van der Waals surface area contributed by atoms with Crippen molar-refractivity contribution >= 4 is 22.7 Å². The topological polar surface area (TPSA) is 92.5 Å². The summed E-state index contributed by atoms with van der Waals surface area (Å²) in [4.78, 5) is 15.5. The number of aromatic amines is 1. The first-order valence-electron chi connectivity index (χ1n) is 9.25. The van der Waals surface area contributed by atoms with Gasteiger partial charge >= 0.3 is 6.18 Å². The molecule has 2 atom stereocenters. The van der Waals surface area contributed by atoms with Gasteiger partial charge in [0.05, 0.1) is 17.4 Å². The van der Waals surface area contributed by atoms with Gasteiger partial charge in [-0.25, -0.2) is 15.0 Å². The van der Waals surface area contributed by atoms with Crippen LogP contribution in [0.2, 0.25) is 0 Å². The number of aromatic nitrogens is 4. The zero-order valence-corrected chi connectivity index (χ0v) is 15.3. The Bertz CT molecular complexity index is 997. The number of H-pyrrole nitrogens is 1. The number of pyridine rings is 1. The maximum absolute atomic E-state index is 13.1. The molecule has 4 N–H and O–H groups in total. The lowest BCUT2D eigenvalue weighted by Gasteiger charge is -2.27. The van der Waals surface area contributed by atoms with E-state index < -0.39 is 11.7 Å². The molecule has 3 aromatic rings. The van der Waals surface area contributed by atoms with Crippen LogP contribution in [-0.4, -0.2) is 26.0 Å². The quantitative estimate of drug-likeness (QED) is 0.607. The minimum absolute atomic E-state index is 0.279.